The average Bonchev–Trinajstić information content (AvgIpc) is 2.53. The highest BCUT2D eigenvalue weighted by Crippen LogP contribution is 2.18. The fourth-order valence-corrected chi connectivity index (χ4v) is 2.29. The highest BCUT2D eigenvalue weighted by Gasteiger charge is 2.20. The number of carbonyl (C=O) groups excluding carboxylic acids is 1. The monoisotopic (exact) mass is 278 g/mol. The predicted octanol–water partition coefficient (Wildman–Crippen LogP) is 1.62. The molecule has 5 heteroatoms. The van der Waals surface area contributed by atoms with Crippen LogP contribution in [-0.4, -0.2) is 62.8 Å². The summed E-state index contributed by atoms with van der Waals surface area (Å²) in [6.45, 7) is 3.30. The molecular formula is C15H22N2O3. The molecule has 5 nitrogen and oxygen atoms in total. The molecule has 1 aromatic carbocycles. The fourth-order valence-electron chi connectivity index (χ4n) is 2.29. The summed E-state index contributed by atoms with van der Waals surface area (Å²) in [5.74, 6) is 0.875. The van der Waals surface area contributed by atoms with Gasteiger partial charge in [-0.05, 0) is 18.1 Å². The summed E-state index contributed by atoms with van der Waals surface area (Å²) in [5, 5.41) is 0. The van der Waals surface area contributed by atoms with E-state index >= 15 is 0 Å². The molecule has 0 radical (unpaired) electrons. The summed E-state index contributed by atoms with van der Waals surface area (Å²) in [4.78, 5) is 15.8. The van der Waals surface area contributed by atoms with Crippen molar-refractivity contribution in [3.8, 4) is 5.75 Å². The summed E-state index contributed by atoms with van der Waals surface area (Å²) in [5.41, 5.74) is 1.12. The molecule has 0 saturated carbocycles. The van der Waals surface area contributed by atoms with Gasteiger partial charge < -0.3 is 19.3 Å². The molecule has 2 amide bonds. The van der Waals surface area contributed by atoms with Gasteiger partial charge >= 0.3 is 6.03 Å². The lowest BCUT2D eigenvalue weighted by Gasteiger charge is -2.31. The molecule has 0 spiro atoms. The Bertz CT molecular complexity index is 444. The molecular weight excluding hydrogens is 256 g/mol. The number of para-hydroxylation sites is 1. The molecule has 20 heavy (non-hydrogen) atoms. The third-order valence-electron chi connectivity index (χ3n) is 3.52. The van der Waals surface area contributed by atoms with Gasteiger partial charge in [-0.25, -0.2) is 4.79 Å². The van der Waals surface area contributed by atoms with Gasteiger partial charge in [0.2, 0.25) is 0 Å². The van der Waals surface area contributed by atoms with Crippen LogP contribution >= 0.6 is 0 Å². The van der Waals surface area contributed by atoms with E-state index in [0.29, 0.717) is 32.8 Å². The van der Waals surface area contributed by atoms with Crippen molar-refractivity contribution in [2.45, 2.75) is 6.42 Å². The van der Waals surface area contributed by atoms with Crippen molar-refractivity contribution in [3.63, 3.8) is 0 Å². The maximum absolute atomic E-state index is 12.2. The van der Waals surface area contributed by atoms with Gasteiger partial charge in [0.15, 0.2) is 0 Å². The van der Waals surface area contributed by atoms with Crippen LogP contribution in [0.25, 0.3) is 0 Å². The number of carbonyl (C=O) groups is 1. The number of urea groups is 1. The van der Waals surface area contributed by atoms with Gasteiger partial charge in [0.25, 0.3) is 0 Å². The number of amides is 2. The summed E-state index contributed by atoms with van der Waals surface area (Å²) in [7, 11) is 3.51. The van der Waals surface area contributed by atoms with E-state index in [4.69, 9.17) is 9.47 Å². The SMILES string of the molecule is COc1ccccc1CCN(C)C(=O)N1CCOCC1. The molecule has 0 N–H and O–H groups in total. The lowest BCUT2D eigenvalue weighted by atomic mass is 10.1. The largest absolute Gasteiger partial charge is 0.496 e. The molecule has 0 unspecified atom stereocenters. The summed E-state index contributed by atoms with van der Waals surface area (Å²) in [6, 6.07) is 7.99. The van der Waals surface area contributed by atoms with Crippen LogP contribution in [0.3, 0.4) is 0 Å². The van der Waals surface area contributed by atoms with Gasteiger partial charge in [-0.3, -0.25) is 0 Å². The first-order chi connectivity index (χ1) is 9.72. The summed E-state index contributed by atoms with van der Waals surface area (Å²) in [6.07, 6.45) is 0.788. The standard InChI is InChI=1S/C15H22N2O3/c1-16(15(18)17-9-11-20-12-10-17)8-7-13-5-3-4-6-14(13)19-2/h3-6H,7-12H2,1-2H3. The van der Waals surface area contributed by atoms with E-state index in [0.717, 1.165) is 17.7 Å². The molecule has 1 aromatic rings. The van der Waals surface area contributed by atoms with E-state index in [1.54, 1.807) is 12.0 Å². The third-order valence-corrected chi connectivity index (χ3v) is 3.52. The van der Waals surface area contributed by atoms with E-state index in [9.17, 15) is 4.79 Å². The molecule has 0 aromatic heterocycles. The number of methoxy groups -OCH3 is 1. The minimum Gasteiger partial charge on any atom is -0.496 e. The highest BCUT2D eigenvalue weighted by atomic mass is 16.5. The lowest BCUT2D eigenvalue weighted by molar-refractivity contribution is 0.0454. The van der Waals surface area contributed by atoms with E-state index < -0.39 is 0 Å². The van der Waals surface area contributed by atoms with Crippen LogP contribution in [-0.2, 0) is 11.2 Å². The lowest BCUT2D eigenvalue weighted by Crippen LogP contribution is -2.47. The average molecular weight is 278 g/mol. The van der Waals surface area contributed by atoms with E-state index in [1.165, 1.54) is 0 Å². The normalized spacial score (nSPS) is 15.0. The van der Waals surface area contributed by atoms with Gasteiger partial charge in [-0.15, -0.1) is 0 Å². The molecule has 1 saturated heterocycles. The zero-order chi connectivity index (χ0) is 14.4. The Morgan fingerprint density at radius 2 is 2.05 bits per heavy atom. The second kappa shape index (κ2) is 7.14. The Kier molecular flexibility index (Phi) is 5.24. The van der Waals surface area contributed by atoms with Gasteiger partial charge in [-0.2, -0.15) is 0 Å². The Balaban J connectivity index is 1.87. The van der Waals surface area contributed by atoms with Crippen LogP contribution < -0.4 is 4.74 Å². The number of benzene rings is 1. The molecule has 0 aliphatic carbocycles. The predicted molar refractivity (Wildman–Crippen MR) is 77.1 cm³/mol. The smallest absolute Gasteiger partial charge is 0.319 e. The first kappa shape index (κ1) is 14.7. The van der Waals surface area contributed by atoms with Crippen LogP contribution in [0.15, 0.2) is 24.3 Å². The fraction of sp³-hybridized carbons (Fsp3) is 0.533. The van der Waals surface area contributed by atoms with Crippen LogP contribution in [0.1, 0.15) is 5.56 Å². The third kappa shape index (κ3) is 3.63. The molecule has 1 aliphatic rings. The van der Waals surface area contributed by atoms with Gasteiger partial charge in [0.05, 0.1) is 20.3 Å². The van der Waals surface area contributed by atoms with E-state index in [-0.39, 0.29) is 6.03 Å². The highest BCUT2D eigenvalue weighted by molar-refractivity contribution is 5.74. The second-order valence-corrected chi connectivity index (χ2v) is 4.87. The minimum atomic E-state index is 0.0724. The molecule has 2 rings (SSSR count). The molecule has 110 valence electrons. The molecule has 1 fully saturated rings. The van der Waals surface area contributed by atoms with Gasteiger partial charge in [-0.1, -0.05) is 18.2 Å². The number of rotatable bonds is 4. The van der Waals surface area contributed by atoms with Crippen LogP contribution in [0, 0.1) is 0 Å². The van der Waals surface area contributed by atoms with Crippen LogP contribution in [0.4, 0.5) is 4.79 Å². The van der Waals surface area contributed by atoms with Crippen LogP contribution in [0.5, 0.6) is 5.75 Å². The van der Waals surface area contributed by atoms with Crippen LogP contribution in [0.2, 0.25) is 0 Å². The maximum Gasteiger partial charge on any atom is 0.319 e. The topological polar surface area (TPSA) is 42.0 Å². The quantitative estimate of drug-likeness (QED) is 0.840. The van der Waals surface area contributed by atoms with Crippen molar-refractivity contribution in [2.75, 3.05) is 47.0 Å². The summed E-state index contributed by atoms with van der Waals surface area (Å²) >= 11 is 0. The Labute approximate surface area is 120 Å². The van der Waals surface area contributed by atoms with Crippen molar-refractivity contribution in [1.29, 1.82) is 0 Å². The first-order valence-corrected chi connectivity index (χ1v) is 6.92. The van der Waals surface area contributed by atoms with Crippen molar-refractivity contribution in [2.24, 2.45) is 0 Å². The second-order valence-electron chi connectivity index (χ2n) is 4.87. The Morgan fingerprint density at radius 3 is 2.75 bits per heavy atom. The summed E-state index contributed by atoms with van der Waals surface area (Å²) < 4.78 is 10.6. The molecule has 0 atom stereocenters. The van der Waals surface area contributed by atoms with Gasteiger partial charge in [0.1, 0.15) is 5.75 Å². The van der Waals surface area contributed by atoms with Gasteiger partial charge in [0, 0.05) is 26.7 Å². The Hall–Kier alpha value is -1.75. The van der Waals surface area contributed by atoms with Crippen molar-refractivity contribution < 1.29 is 14.3 Å². The maximum atomic E-state index is 12.2. The number of likely N-dealkylation sites (N-methyl/N-ethyl adjacent to an activating group) is 1. The van der Waals surface area contributed by atoms with E-state index in [1.807, 2.05) is 36.2 Å². The minimum absolute atomic E-state index is 0.0724. The Morgan fingerprint density at radius 1 is 1.35 bits per heavy atom. The first-order valence-electron chi connectivity index (χ1n) is 6.92. The molecule has 1 aliphatic heterocycles. The zero-order valence-corrected chi connectivity index (χ0v) is 12.2. The zero-order valence-electron chi connectivity index (χ0n) is 12.2. The van der Waals surface area contributed by atoms with Crippen molar-refractivity contribution >= 4 is 6.03 Å². The number of nitrogens with zero attached hydrogens (tertiary/aromatic N) is 2. The number of hydrogen-bond acceptors (Lipinski definition) is 3. The number of ether oxygens (including phenoxy) is 2. The van der Waals surface area contributed by atoms with Crippen molar-refractivity contribution in [3.05, 3.63) is 29.8 Å². The number of hydrogen-bond donors (Lipinski definition) is 0. The number of morpholine rings is 1. The van der Waals surface area contributed by atoms with Crippen molar-refractivity contribution in [1.82, 2.24) is 9.80 Å². The molecule has 0 bridgehead atoms. The molecule has 1 heterocycles. The van der Waals surface area contributed by atoms with E-state index in [2.05, 4.69) is 0 Å².